The van der Waals surface area contributed by atoms with Gasteiger partial charge >= 0.3 is 5.97 Å². The van der Waals surface area contributed by atoms with Gasteiger partial charge in [-0.2, -0.15) is 0 Å². The zero-order chi connectivity index (χ0) is 15.8. The Morgan fingerprint density at radius 2 is 1.91 bits per heavy atom. The van der Waals surface area contributed by atoms with E-state index in [-0.39, 0.29) is 18.4 Å². The standard InChI is InChI=1S/C17H23NO4/c19-16(8-4-5-9-17(20)21)18-10-11-22-15(13-18)12-14-6-2-1-3-7-14/h1-3,6-7,15H,4-5,8-13H2,(H,20,21). The zero-order valence-electron chi connectivity index (χ0n) is 12.7. The van der Waals surface area contributed by atoms with Crippen molar-refractivity contribution in [1.29, 1.82) is 0 Å². The second-order valence-corrected chi connectivity index (χ2v) is 5.62. The van der Waals surface area contributed by atoms with Crippen LogP contribution in [-0.2, 0) is 20.7 Å². The molecule has 5 nitrogen and oxygen atoms in total. The van der Waals surface area contributed by atoms with Crippen LogP contribution in [0.4, 0.5) is 0 Å². The molecule has 120 valence electrons. The minimum absolute atomic E-state index is 0.0409. The first-order chi connectivity index (χ1) is 10.6. The molecule has 0 saturated carbocycles. The number of morpholine rings is 1. The smallest absolute Gasteiger partial charge is 0.303 e. The molecular weight excluding hydrogens is 282 g/mol. The van der Waals surface area contributed by atoms with E-state index in [4.69, 9.17) is 9.84 Å². The predicted octanol–water partition coefficient (Wildman–Crippen LogP) is 2.10. The number of carboxylic acids is 1. The molecule has 0 radical (unpaired) electrons. The van der Waals surface area contributed by atoms with Crippen molar-refractivity contribution < 1.29 is 19.4 Å². The van der Waals surface area contributed by atoms with E-state index in [2.05, 4.69) is 12.1 Å². The fourth-order valence-corrected chi connectivity index (χ4v) is 2.66. The van der Waals surface area contributed by atoms with Gasteiger partial charge in [0.1, 0.15) is 0 Å². The van der Waals surface area contributed by atoms with Crippen molar-refractivity contribution in [3.05, 3.63) is 35.9 Å². The van der Waals surface area contributed by atoms with Crippen LogP contribution in [0.25, 0.3) is 0 Å². The lowest BCUT2D eigenvalue weighted by atomic mass is 10.1. The van der Waals surface area contributed by atoms with Gasteiger partial charge in [-0.15, -0.1) is 0 Å². The van der Waals surface area contributed by atoms with Crippen molar-refractivity contribution in [1.82, 2.24) is 4.90 Å². The van der Waals surface area contributed by atoms with Crippen LogP contribution in [0.2, 0.25) is 0 Å². The Morgan fingerprint density at radius 1 is 1.18 bits per heavy atom. The lowest BCUT2D eigenvalue weighted by Crippen LogP contribution is -2.46. The van der Waals surface area contributed by atoms with Crippen LogP contribution in [0.5, 0.6) is 0 Å². The van der Waals surface area contributed by atoms with Crippen molar-refractivity contribution >= 4 is 11.9 Å². The summed E-state index contributed by atoms with van der Waals surface area (Å²) in [7, 11) is 0. The molecule has 1 fully saturated rings. The fourth-order valence-electron chi connectivity index (χ4n) is 2.66. The van der Waals surface area contributed by atoms with Gasteiger partial charge in [-0.3, -0.25) is 9.59 Å². The summed E-state index contributed by atoms with van der Waals surface area (Å²) in [5, 5.41) is 8.59. The van der Waals surface area contributed by atoms with Gasteiger partial charge in [0.15, 0.2) is 0 Å². The average Bonchev–Trinajstić information content (AvgIpc) is 2.52. The normalized spacial score (nSPS) is 18.2. The number of aliphatic carboxylic acids is 1. The van der Waals surface area contributed by atoms with Gasteiger partial charge in [-0.1, -0.05) is 30.3 Å². The molecule has 2 rings (SSSR count). The number of unbranched alkanes of at least 4 members (excludes halogenated alkanes) is 1. The summed E-state index contributed by atoms with van der Waals surface area (Å²) in [6.45, 7) is 1.81. The number of hydrogen-bond donors (Lipinski definition) is 1. The minimum Gasteiger partial charge on any atom is -0.481 e. The molecule has 0 bridgehead atoms. The van der Waals surface area contributed by atoms with Gasteiger partial charge in [-0.25, -0.2) is 0 Å². The third kappa shape index (κ3) is 5.48. The molecule has 5 heteroatoms. The van der Waals surface area contributed by atoms with Gasteiger partial charge in [0.2, 0.25) is 5.91 Å². The van der Waals surface area contributed by atoms with Gasteiger partial charge in [0, 0.05) is 32.4 Å². The number of nitrogens with zero attached hydrogens (tertiary/aromatic N) is 1. The summed E-state index contributed by atoms with van der Waals surface area (Å²) >= 11 is 0. The van der Waals surface area contributed by atoms with Crippen LogP contribution in [0.15, 0.2) is 30.3 Å². The third-order valence-electron chi connectivity index (χ3n) is 3.83. The molecule has 0 aliphatic carbocycles. The van der Waals surface area contributed by atoms with Crippen LogP contribution < -0.4 is 0 Å². The van der Waals surface area contributed by atoms with Crippen molar-refractivity contribution in [2.24, 2.45) is 0 Å². The first-order valence-corrected chi connectivity index (χ1v) is 7.80. The van der Waals surface area contributed by atoms with Crippen LogP contribution in [0.3, 0.4) is 0 Å². The SMILES string of the molecule is O=C(O)CCCCC(=O)N1CCOC(Cc2ccccc2)C1. The van der Waals surface area contributed by atoms with Gasteiger partial charge < -0.3 is 14.7 Å². The number of rotatable bonds is 7. The van der Waals surface area contributed by atoms with Crippen molar-refractivity contribution in [3.63, 3.8) is 0 Å². The summed E-state index contributed by atoms with van der Waals surface area (Å²) < 4.78 is 5.75. The van der Waals surface area contributed by atoms with Crippen LogP contribution in [0, 0.1) is 0 Å². The van der Waals surface area contributed by atoms with Crippen LogP contribution in [-0.4, -0.2) is 47.7 Å². The van der Waals surface area contributed by atoms with E-state index in [1.165, 1.54) is 5.56 Å². The van der Waals surface area contributed by atoms with E-state index < -0.39 is 5.97 Å². The summed E-state index contributed by atoms with van der Waals surface area (Å²) in [6.07, 6.45) is 2.59. The molecule has 1 aliphatic rings. The Bertz CT molecular complexity index is 489. The van der Waals surface area contributed by atoms with Crippen molar-refractivity contribution in [2.75, 3.05) is 19.7 Å². The van der Waals surface area contributed by atoms with Gasteiger partial charge in [0.25, 0.3) is 0 Å². The van der Waals surface area contributed by atoms with E-state index in [0.29, 0.717) is 39.0 Å². The molecular formula is C17H23NO4. The van der Waals surface area contributed by atoms with E-state index in [1.54, 1.807) is 0 Å². The molecule has 22 heavy (non-hydrogen) atoms. The zero-order valence-corrected chi connectivity index (χ0v) is 12.7. The van der Waals surface area contributed by atoms with E-state index in [0.717, 1.165) is 6.42 Å². The van der Waals surface area contributed by atoms with Crippen LogP contribution >= 0.6 is 0 Å². The molecule has 1 unspecified atom stereocenters. The van der Waals surface area contributed by atoms with Crippen molar-refractivity contribution in [3.8, 4) is 0 Å². The first kappa shape index (κ1) is 16.5. The maximum Gasteiger partial charge on any atom is 0.303 e. The fraction of sp³-hybridized carbons (Fsp3) is 0.529. The molecule has 1 amide bonds. The summed E-state index contributed by atoms with van der Waals surface area (Å²) in [6, 6.07) is 10.1. The second-order valence-electron chi connectivity index (χ2n) is 5.62. The molecule has 1 N–H and O–H groups in total. The minimum atomic E-state index is -0.804. The summed E-state index contributed by atoms with van der Waals surface area (Å²) in [5.74, 6) is -0.700. The van der Waals surface area contributed by atoms with Gasteiger partial charge in [0.05, 0.1) is 12.7 Å². The highest BCUT2D eigenvalue weighted by Gasteiger charge is 2.23. The Hall–Kier alpha value is -1.88. The summed E-state index contributed by atoms with van der Waals surface area (Å²) in [4.78, 5) is 24.5. The number of amides is 1. The molecule has 1 heterocycles. The number of carboxylic acid groups (broad SMARTS) is 1. The third-order valence-corrected chi connectivity index (χ3v) is 3.83. The maximum atomic E-state index is 12.2. The number of carbonyl (C=O) groups excluding carboxylic acids is 1. The quantitative estimate of drug-likeness (QED) is 0.783. The largest absolute Gasteiger partial charge is 0.481 e. The summed E-state index contributed by atoms with van der Waals surface area (Å²) in [5.41, 5.74) is 1.21. The molecule has 1 aromatic rings. The number of ether oxygens (including phenoxy) is 1. The molecule has 0 aromatic heterocycles. The number of hydrogen-bond acceptors (Lipinski definition) is 3. The topological polar surface area (TPSA) is 66.8 Å². The van der Waals surface area contributed by atoms with E-state index >= 15 is 0 Å². The monoisotopic (exact) mass is 305 g/mol. The lowest BCUT2D eigenvalue weighted by molar-refractivity contribution is -0.140. The van der Waals surface area contributed by atoms with E-state index in [1.807, 2.05) is 23.1 Å². The molecule has 1 saturated heterocycles. The van der Waals surface area contributed by atoms with E-state index in [9.17, 15) is 9.59 Å². The first-order valence-electron chi connectivity index (χ1n) is 7.80. The average molecular weight is 305 g/mol. The highest BCUT2D eigenvalue weighted by molar-refractivity contribution is 5.76. The molecule has 1 aromatic carbocycles. The highest BCUT2D eigenvalue weighted by atomic mass is 16.5. The Kier molecular flexibility index (Phi) is 6.40. The predicted molar refractivity (Wildman–Crippen MR) is 82.6 cm³/mol. The van der Waals surface area contributed by atoms with Crippen LogP contribution in [0.1, 0.15) is 31.2 Å². The highest BCUT2D eigenvalue weighted by Crippen LogP contribution is 2.13. The molecule has 0 spiro atoms. The number of carbonyl (C=O) groups is 2. The number of benzene rings is 1. The Balaban J connectivity index is 1.75. The lowest BCUT2D eigenvalue weighted by Gasteiger charge is -2.33. The maximum absolute atomic E-state index is 12.2. The van der Waals surface area contributed by atoms with Gasteiger partial charge in [-0.05, 0) is 18.4 Å². The molecule has 1 aliphatic heterocycles. The Labute approximate surface area is 130 Å². The second kappa shape index (κ2) is 8.54. The Morgan fingerprint density at radius 3 is 2.64 bits per heavy atom. The molecule has 1 atom stereocenters. The van der Waals surface area contributed by atoms with Crippen molar-refractivity contribution in [2.45, 2.75) is 38.2 Å².